The maximum Gasteiger partial charge on any atom is 0.245 e. The van der Waals surface area contributed by atoms with Crippen LogP contribution in [-0.2, 0) is 26.4 Å². The third-order valence-corrected chi connectivity index (χ3v) is 12.2. The Hall–Kier alpha value is -4.63. The Morgan fingerprint density at radius 1 is 0.804 bits per heavy atom. The van der Waals surface area contributed by atoms with Crippen LogP contribution in [0.15, 0.2) is 120 Å². The van der Waals surface area contributed by atoms with Crippen molar-refractivity contribution in [2.24, 2.45) is 0 Å². The summed E-state index contributed by atoms with van der Waals surface area (Å²) >= 11 is 3.51. The lowest BCUT2D eigenvalue weighted by Gasteiger charge is -2.37. The van der Waals surface area contributed by atoms with Crippen LogP contribution in [0, 0.1) is 0 Å². The molecule has 1 aliphatic heterocycles. The second-order valence-corrected chi connectivity index (χ2v) is 21.5. The number of aliphatic hydroxyl groups is 1. The first-order valence-electron chi connectivity index (χ1n) is 18.6. The molecule has 0 bridgehead atoms. The van der Waals surface area contributed by atoms with Crippen LogP contribution < -0.4 is 14.2 Å². The number of methoxy groups -OCH3 is 2. The minimum absolute atomic E-state index is 0.00453. The monoisotopic (exact) mass is 838 g/mol. The van der Waals surface area contributed by atoms with Crippen LogP contribution in [0.3, 0.4) is 0 Å². The fraction of sp³-hybridized carbons (Fsp3) is 0.326. The molecule has 13 heteroatoms. The molecule has 56 heavy (non-hydrogen) atoms. The molecule has 0 aliphatic carbocycles. The molecule has 0 radical (unpaired) electrons. The highest BCUT2D eigenvalue weighted by Gasteiger charge is 2.48. The molecule has 0 saturated carbocycles. The minimum Gasteiger partial charge on any atom is -0.497 e. The highest BCUT2D eigenvalue weighted by Crippen LogP contribution is 2.43. The topological polar surface area (TPSA) is 119 Å². The lowest BCUT2D eigenvalue weighted by Crippen LogP contribution is -2.40. The van der Waals surface area contributed by atoms with E-state index in [1.807, 2.05) is 103 Å². The van der Waals surface area contributed by atoms with Crippen molar-refractivity contribution in [1.82, 2.24) is 19.5 Å². The molecule has 6 aromatic rings. The predicted molar refractivity (Wildman–Crippen MR) is 220 cm³/mol. The Bertz CT molecular complexity index is 2130. The van der Waals surface area contributed by atoms with Crippen molar-refractivity contribution in [3.8, 4) is 17.4 Å². The van der Waals surface area contributed by atoms with Crippen molar-refractivity contribution in [2.45, 2.75) is 62.4 Å². The Labute approximate surface area is 336 Å². The van der Waals surface area contributed by atoms with E-state index in [0.29, 0.717) is 23.7 Å². The number of hydrogen-bond acceptors (Lipinski definition) is 10. The van der Waals surface area contributed by atoms with Gasteiger partial charge in [-0.2, -0.15) is 4.98 Å². The quantitative estimate of drug-likeness (QED) is 0.0756. The molecule has 1 unspecified atom stereocenters. The molecular formula is C43H47BrN4O7Si. The van der Waals surface area contributed by atoms with Gasteiger partial charge in [-0.05, 0) is 64.7 Å². The summed E-state index contributed by atoms with van der Waals surface area (Å²) in [7, 11) is 1.94. The van der Waals surface area contributed by atoms with Gasteiger partial charge in [0.05, 0.1) is 40.4 Å². The first-order chi connectivity index (χ1) is 27.1. The van der Waals surface area contributed by atoms with Gasteiger partial charge in [0.25, 0.3) is 0 Å². The van der Waals surface area contributed by atoms with E-state index in [2.05, 4.69) is 50.5 Å². The molecule has 292 valence electrons. The van der Waals surface area contributed by atoms with Gasteiger partial charge in [0.15, 0.2) is 17.4 Å². The molecule has 0 spiro atoms. The van der Waals surface area contributed by atoms with E-state index < -0.39 is 38.2 Å². The van der Waals surface area contributed by atoms with Crippen molar-refractivity contribution >= 4 is 35.2 Å². The number of nitrogens with zero attached hydrogens (tertiary/aromatic N) is 4. The number of halogens is 1. The summed E-state index contributed by atoms with van der Waals surface area (Å²) in [6.07, 6.45) is -0.430. The molecule has 4 atom stereocenters. The number of hydrogen-bond donors (Lipinski definition) is 1. The molecule has 7 rings (SSSR count). The molecule has 4 aromatic carbocycles. The van der Waals surface area contributed by atoms with Gasteiger partial charge in [-0.1, -0.05) is 102 Å². The van der Waals surface area contributed by atoms with E-state index >= 15 is 0 Å². The van der Waals surface area contributed by atoms with Gasteiger partial charge in [-0.25, -0.2) is 9.97 Å². The number of fused-ring (bicyclic) bond motifs is 1. The van der Waals surface area contributed by atoms with Gasteiger partial charge >= 0.3 is 0 Å². The Balaban J connectivity index is 1.25. The summed E-state index contributed by atoms with van der Waals surface area (Å²) in [6, 6.07) is 34.5. The molecule has 1 N–H and O–H groups in total. The standard InChI is InChI=1S/C43H47BrN4O7Si/c1-50-34-19-13-31(14-20-34)43(30-9-7-6-8-10-30,32-15-21-35(51-2)22-16-32)54-26-36-38(49)39(53-25-29-11-17-33(44)18-12-29)42(55-36)48-28-47-37-40(48)45-27-46-41(37)52-23-24-56(3,4)5/h6-22,27-28,36,38-39,42,49H,23-26H2,1-5H3/t36?,38-,39-,42-/m1/s1. The smallest absolute Gasteiger partial charge is 0.245 e. The van der Waals surface area contributed by atoms with Crippen molar-refractivity contribution in [3.05, 3.63) is 143 Å². The minimum atomic E-state index is -1.34. The average molecular weight is 840 g/mol. The van der Waals surface area contributed by atoms with E-state index in [-0.39, 0.29) is 13.2 Å². The van der Waals surface area contributed by atoms with Crippen molar-refractivity contribution in [1.29, 1.82) is 0 Å². The van der Waals surface area contributed by atoms with Crippen molar-refractivity contribution in [3.63, 3.8) is 0 Å². The zero-order valence-corrected chi connectivity index (χ0v) is 34.8. The van der Waals surface area contributed by atoms with Crippen LogP contribution >= 0.6 is 15.9 Å². The van der Waals surface area contributed by atoms with Gasteiger partial charge in [0.2, 0.25) is 5.88 Å². The van der Waals surface area contributed by atoms with Crippen LogP contribution in [0.25, 0.3) is 11.2 Å². The van der Waals surface area contributed by atoms with E-state index in [0.717, 1.165) is 44.3 Å². The molecule has 3 heterocycles. The van der Waals surface area contributed by atoms with Gasteiger partial charge < -0.3 is 33.5 Å². The van der Waals surface area contributed by atoms with Crippen LogP contribution in [-0.4, -0.2) is 78.4 Å². The first kappa shape index (κ1) is 39.6. The molecule has 11 nitrogen and oxygen atoms in total. The summed E-state index contributed by atoms with van der Waals surface area (Å²) in [4.78, 5) is 13.7. The number of ether oxygens (including phenoxy) is 6. The van der Waals surface area contributed by atoms with Crippen molar-refractivity contribution < 1.29 is 33.5 Å². The van der Waals surface area contributed by atoms with Gasteiger partial charge in [0, 0.05) is 12.5 Å². The van der Waals surface area contributed by atoms with Gasteiger partial charge in [-0.3, -0.25) is 4.57 Å². The summed E-state index contributed by atoms with van der Waals surface area (Å²) in [5, 5.41) is 12.1. The third kappa shape index (κ3) is 8.53. The van der Waals surface area contributed by atoms with Crippen LogP contribution in [0.4, 0.5) is 0 Å². The maximum absolute atomic E-state index is 12.1. The Kier molecular flexibility index (Phi) is 12.2. The van der Waals surface area contributed by atoms with Crippen LogP contribution in [0.2, 0.25) is 25.7 Å². The maximum atomic E-state index is 12.1. The highest BCUT2D eigenvalue weighted by atomic mass is 79.9. The number of aliphatic hydroxyl groups excluding tert-OH is 1. The average Bonchev–Trinajstić information content (AvgIpc) is 3.79. The number of imidazole rings is 1. The zero-order chi connectivity index (χ0) is 39.3. The van der Waals surface area contributed by atoms with Crippen LogP contribution in [0.5, 0.6) is 17.4 Å². The van der Waals surface area contributed by atoms with E-state index in [9.17, 15) is 5.11 Å². The summed E-state index contributed by atoms with van der Waals surface area (Å²) in [5.41, 5.74) is 3.45. The van der Waals surface area contributed by atoms with E-state index in [1.165, 1.54) is 6.33 Å². The molecular weight excluding hydrogens is 792 g/mol. The van der Waals surface area contributed by atoms with Gasteiger partial charge in [-0.15, -0.1) is 0 Å². The number of rotatable bonds is 16. The molecule has 0 amide bonds. The molecule has 1 saturated heterocycles. The number of benzene rings is 4. The fourth-order valence-electron chi connectivity index (χ4n) is 6.89. The lowest BCUT2D eigenvalue weighted by molar-refractivity contribution is -0.0968. The van der Waals surface area contributed by atoms with E-state index in [1.54, 1.807) is 25.1 Å². The third-order valence-electron chi connectivity index (χ3n) is 10.00. The molecule has 2 aromatic heterocycles. The summed E-state index contributed by atoms with van der Waals surface area (Å²) < 4.78 is 40.4. The summed E-state index contributed by atoms with van der Waals surface area (Å²) in [5.74, 6) is 1.84. The Morgan fingerprint density at radius 2 is 1.43 bits per heavy atom. The molecule has 1 fully saturated rings. The first-order valence-corrected chi connectivity index (χ1v) is 23.1. The summed E-state index contributed by atoms with van der Waals surface area (Å²) in [6.45, 7) is 7.68. The second kappa shape index (κ2) is 17.2. The van der Waals surface area contributed by atoms with Crippen LogP contribution in [0.1, 0.15) is 28.5 Å². The van der Waals surface area contributed by atoms with Crippen molar-refractivity contribution in [2.75, 3.05) is 27.4 Å². The number of aromatic nitrogens is 4. The fourth-order valence-corrected chi connectivity index (χ4v) is 7.87. The lowest BCUT2D eigenvalue weighted by atomic mass is 9.80. The highest BCUT2D eigenvalue weighted by molar-refractivity contribution is 9.10. The largest absolute Gasteiger partial charge is 0.497 e. The van der Waals surface area contributed by atoms with E-state index in [4.69, 9.17) is 28.4 Å². The normalized spacial score (nSPS) is 18.6. The predicted octanol–water partition coefficient (Wildman–Crippen LogP) is 8.18. The Morgan fingerprint density at radius 3 is 2.04 bits per heavy atom. The van der Waals surface area contributed by atoms with Gasteiger partial charge in [0.1, 0.15) is 41.7 Å². The zero-order valence-electron chi connectivity index (χ0n) is 32.2. The second-order valence-electron chi connectivity index (χ2n) is 14.9. The molecule has 1 aliphatic rings. The SMILES string of the molecule is COc1ccc(C(OCC2O[C@@H](n3cnc4c(OCC[Si](C)(C)C)ncnc43)[C@H](OCc3ccc(Br)cc3)[C@@H]2O)(c2ccccc2)c2ccc(OC)cc2)cc1.